The Morgan fingerprint density at radius 2 is 2.21 bits per heavy atom. The van der Waals surface area contributed by atoms with E-state index in [2.05, 4.69) is 15.0 Å². The summed E-state index contributed by atoms with van der Waals surface area (Å²) in [7, 11) is -3.36. The summed E-state index contributed by atoms with van der Waals surface area (Å²) in [5.74, 6) is -0.695. The Hall–Kier alpha value is -1.38. The Morgan fingerprint density at radius 3 is 2.84 bits per heavy atom. The number of rotatable bonds is 6. The summed E-state index contributed by atoms with van der Waals surface area (Å²) in [6, 6.07) is 1.32. The minimum absolute atomic E-state index is 0.0203. The minimum atomic E-state index is -3.36. The first kappa shape index (κ1) is 15.7. The number of halogens is 1. The molecule has 1 heterocycles. The topological polar surface area (TPSA) is 114 Å². The lowest BCUT2D eigenvalue weighted by atomic mass is 10.2. The summed E-state index contributed by atoms with van der Waals surface area (Å²) in [5.41, 5.74) is 5.93. The molecule has 106 valence electrons. The standard InChI is InChI=1S/C10H15ClN4O3S/c1-2-15-19(17,18)4-3-13-10(16)7-5-9(11)14-6-8(7)12/h5-6,15H,2-4,12H2,1H3,(H,13,16). The first-order valence-electron chi connectivity index (χ1n) is 5.52. The lowest BCUT2D eigenvalue weighted by molar-refractivity contribution is 0.0957. The molecule has 0 bridgehead atoms. The number of anilines is 1. The van der Waals surface area contributed by atoms with E-state index < -0.39 is 15.9 Å². The van der Waals surface area contributed by atoms with Crippen molar-refractivity contribution in [1.29, 1.82) is 0 Å². The second kappa shape index (κ2) is 6.69. The highest BCUT2D eigenvalue weighted by atomic mass is 35.5. The van der Waals surface area contributed by atoms with Gasteiger partial charge < -0.3 is 11.1 Å². The number of aromatic nitrogens is 1. The van der Waals surface area contributed by atoms with Gasteiger partial charge in [-0.3, -0.25) is 4.79 Å². The van der Waals surface area contributed by atoms with Gasteiger partial charge in [0.2, 0.25) is 10.0 Å². The number of carbonyl (C=O) groups excluding carboxylic acids is 1. The number of nitrogens with zero attached hydrogens (tertiary/aromatic N) is 1. The van der Waals surface area contributed by atoms with Gasteiger partial charge in [-0.1, -0.05) is 18.5 Å². The number of amides is 1. The van der Waals surface area contributed by atoms with Gasteiger partial charge in [-0.15, -0.1) is 0 Å². The van der Waals surface area contributed by atoms with E-state index >= 15 is 0 Å². The van der Waals surface area contributed by atoms with Crippen molar-refractivity contribution in [2.45, 2.75) is 6.92 Å². The maximum atomic E-state index is 11.8. The van der Waals surface area contributed by atoms with Crippen LogP contribution in [0.25, 0.3) is 0 Å². The van der Waals surface area contributed by atoms with Crippen LogP contribution in [0.3, 0.4) is 0 Å². The van der Waals surface area contributed by atoms with Crippen LogP contribution in [0.5, 0.6) is 0 Å². The number of sulfonamides is 1. The van der Waals surface area contributed by atoms with E-state index in [0.29, 0.717) is 6.54 Å². The van der Waals surface area contributed by atoms with Crippen LogP contribution in [0.4, 0.5) is 5.69 Å². The van der Waals surface area contributed by atoms with Crippen LogP contribution in [0.15, 0.2) is 12.3 Å². The number of hydrogen-bond donors (Lipinski definition) is 3. The number of hydrogen-bond acceptors (Lipinski definition) is 5. The second-order valence-electron chi connectivity index (χ2n) is 3.67. The van der Waals surface area contributed by atoms with Gasteiger partial charge in [0.15, 0.2) is 0 Å². The Bertz CT molecular complexity index is 562. The molecule has 0 aromatic carbocycles. The third kappa shape index (κ3) is 5.01. The fourth-order valence-corrected chi connectivity index (χ4v) is 2.44. The van der Waals surface area contributed by atoms with Crippen LogP contribution in [0.1, 0.15) is 17.3 Å². The SMILES string of the molecule is CCNS(=O)(=O)CCNC(=O)c1cc(Cl)ncc1N. The average molecular weight is 307 g/mol. The first-order valence-corrected chi connectivity index (χ1v) is 7.55. The predicted octanol–water partition coefficient (Wildman–Crippen LogP) is -0.0137. The normalized spacial score (nSPS) is 11.3. The maximum absolute atomic E-state index is 11.8. The van der Waals surface area contributed by atoms with Crippen LogP contribution in [-0.2, 0) is 10.0 Å². The molecule has 9 heteroatoms. The van der Waals surface area contributed by atoms with Crippen LogP contribution in [0.2, 0.25) is 5.15 Å². The summed E-state index contributed by atoms with van der Waals surface area (Å²) in [6.45, 7) is 1.96. The number of nitrogens with one attached hydrogen (secondary N) is 2. The Kier molecular flexibility index (Phi) is 5.52. The molecule has 4 N–H and O–H groups in total. The molecule has 0 spiro atoms. The minimum Gasteiger partial charge on any atom is -0.397 e. The molecule has 0 saturated carbocycles. The van der Waals surface area contributed by atoms with Gasteiger partial charge in [-0.25, -0.2) is 18.1 Å². The zero-order valence-corrected chi connectivity index (χ0v) is 11.9. The largest absolute Gasteiger partial charge is 0.397 e. The van der Waals surface area contributed by atoms with Crippen molar-refractivity contribution in [3.63, 3.8) is 0 Å². The van der Waals surface area contributed by atoms with Crippen LogP contribution >= 0.6 is 11.6 Å². The molecule has 0 radical (unpaired) electrons. The molecule has 1 aromatic rings. The summed E-state index contributed by atoms with van der Waals surface area (Å²) >= 11 is 5.66. The molecule has 0 fully saturated rings. The van der Waals surface area contributed by atoms with E-state index in [1.165, 1.54) is 12.3 Å². The molecule has 7 nitrogen and oxygen atoms in total. The molecule has 1 aromatic heterocycles. The van der Waals surface area contributed by atoms with Gasteiger partial charge >= 0.3 is 0 Å². The van der Waals surface area contributed by atoms with E-state index in [-0.39, 0.29) is 28.7 Å². The van der Waals surface area contributed by atoms with Crippen molar-refractivity contribution >= 4 is 33.2 Å². The van der Waals surface area contributed by atoms with E-state index in [4.69, 9.17) is 17.3 Å². The van der Waals surface area contributed by atoms with Crippen molar-refractivity contribution < 1.29 is 13.2 Å². The highest BCUT2D eigenvalue weighted by molar-refractivity contribution is 7.89. The third-order valence-electron chi connectivity index (χ3n) is 2.17. The molecule has 0 unspecified atom stereocenters. The lowest BCUT2D eigenvalue weighted by Gasteiger charge is -2.08. The molecular formula is C10H15ClN4O3S. The lowest BCUT2D eigenvalue weighted by Crippen LogP contribution is -2.34. The van der Waals surface area contributed by atoms with Gasteiger partial charge in [-0.2, -0.15) is 0 Å². The molecule has 1 amide bonds. The van der Waals surface area contributed by atoms with Gasteiger partial charge in [0, 0.05) is 13.1 Å². The summed E-state index contributed by atoms with van der Waals surface area (Å²) in [6.07, 6.45) is 1.27. The molecule has 0 aliphatic rings. The van der Waals surface area contributed by atoms with E-state index in [0.717, 1.165) is 0 Å². The van der Waals surface area contributed by atoms with E-state index in [9.17, 15) is 13.2 Å². The number of pyridine rings is 1. The zero-order chi connectivity index (χ0) is 14.5. The highest BCUT2D eigenvalue weighted by Gasteiger charge is 2.13. The number of nitrogens with two attached hydrogens (primary N) is 1. The van der Waals surface area contributed by atoms with Crippen LogP contribution in [0, 0.1) is 0 Å². The molecular weight excluding hydrogens is 292 g/mol. The maximum Gasteiger partial charge on any atom is 0.253 e. The summed E-state index contributed by atoms with van der Waals surface area (Å²) < 4.78 is 25.0. The molecule has 1 rings (SSSR count). The van der Waals surface area contributed by atoms with Crippen LogP contribution < -0.4 is 15.8 Å². The average Bonchev–Trinajstić information content (AvgIpc) is 2.31. The van der Waals surface area contributed by atoms with Crippen LogP contribution in [-0.4, -0.2) is 38.2 Å². The summed E-state index contributed by atoms with van der Waals surface area (Å²) in [5, 5.41) is 2.60. The molecule has 0 aliphatic heterocycles. The molecule has 0 aliphatic carbocycles. The predicted molar refractivity (Wildman–Crippen MR) is 73.5 cm³/mol. The van der Waals surface area contributed by atoms with Crippen molar-refractivity contribution in [2.24, 2.45) is 0 Å². The fourth-order valence-electron chi connectivity index (χ4n) is 1.32. The highest BCUT2D eigenvalue weighted by Crippen LogP contribution is 2.14. The van der Waals surface area contributed by atoms with Gasteiger partial charge in [0.1, 0.15) is 5.15 Å². The van der Waals surface area contributed by atoms with Crippen molar-refractivity contribution in [2.75, 3.05) is 24.6 Å². The molecule has 0 saturated heterocycles. The smallest absolute Gasteiger partial charge is 0.253 e. The Morgan fingerprint density at radius 1 is 1.53 bits per heavy atom. The third-order valence-corrected chi connectivity index (χ3v) is 3.84. The first-order chi connectivity index (χ1) is 8.85. The van der Waals surface area contributed by atoms with Crippen molar-refractivity contribution in [1.82, 2.24) is 15.0 Å². The quantitative estimate of drug-likeness (QED) is 0.639. The summed E-state index contributed by atoms with van der Waals surface area (Å²) in [4.78, 5) is 15.5. The molecule has 19 heavy (non-hydrogen) atoms. The van der Waals surface area contributed by atoms with Gasteiger partial charge in [0.05, 0.1) is 23.2 Å². The van der Waals surface area contributed by atoms with Crippen molar-refractivity contribution in [3.8, 4) is 0 Å². The van der Waals surface area contributed by atoms with E-state index in [1.54, 1.807) is 6.92 Å². The number of carbonyl (C=O) groups is 1. The Balaban J connectivity index is 2.59. The Labute approximate surface area is 116 Å². The fraction of sp³-hybridized carbons (Fsp3) is 0.400. The number of nitrogen functional groups attached to an aromatic ring is 1. The molecule has 0 atom stereocenters. The van der Waals surface area contributed by atoms with Crippen molar-refractivity contribution in [3.05, 3.63) is 23.0 Å². The van der Waals surface area contributed by atoms with Gasteiger partial charge in [0.25, 0.3) is 5.91 Å². The second-order valence-corrected chi connectivity index (χ2v) is 5.98. The monoisotopic (exact) mass is 306 g/mol. The van der Waals surface area contributed by atoms with Gasteiger partial charge in [-0.05, 0) is 6.07 Å². The zero-order valence-electron chi connectivity index (χ0n) is 10.3. The van der Waals surface area contributed by atoms with E-state index in [1.807, 2.05) is 0 Å².